The third-order valence-electron chi connectivity index (χ3n) is 5.76. The molecule has 0 unspecified atom stereocenters. The maximum absolute atomic E-state index is 15.1. The molecule has 0 spiro atoms. The number of carbonyl (C=O) groups is 2. The first kappa shape index (κ1) is 21.7. The maximum atomic E-state index is 15.1. The summed E-state index contributed by atoms with van der Waals surface area (Å²) in [6.45, 7) is 2.90. The van der Waals surface area contributed by atoms with Gasteiger partial charge in [-0.1, -0.05) is 0 Å². The summed E-state index contributed by atoms with van der Waals surface area (Å²) in [4.78, 5) is 43.9. The first-order chi connectivity index (χ1) is 16.5. The number of hydrogen-bond donors (Lipinski definition) is 1. The van der Waals surface area contributed by atoms with Crippen LogP contribution in [-0.2, 0) is 22.5 Å². The molecule has 11 heteroatoms. The lowest BCUT2D eigenvalue weighted by Gasteiger charge is -2.30. The number of nitrogens with one attached hydrogen (secondary N) is 1. The standard InChI is InChI=1S/C23H22FN7O3/c1-14(32)27-10-17-13-31(23(33)34-17)16-2-3-21(18(24)8-16)30-7-4-19-15(12-30)9-28-22(29-19)20-11-25-5-6-26-20/h2-3,5-6,8-9,11,17H,4,7,10,12-13H2,1H3,(H,27,32)/t17-/m0/s1. The molecule has 1 aromatic carbocycles. The summed E-state index contributed by atoms with van der Waals surface area (Å²) in [6, 6.07) is 4.70. The smallest absolute Gasteiger partial charge is 0.414 e. The van der Waals surface area contributed by atoms with Gasteiger partial charge < -0.3 is 15.0 Å². The van der Waals surface area contributed by atoms with Crippen LogP contribution in [0.1, 0.15) is 18.2 Å². The quantitative estimate of drug-likeness (QED) is 0.612. The minimum absolute atomic E-state index is 0.205. The second-order valence-corrected chi connectivity index (χ2v) is 8.12. The van der Waals surface area contributed by atoms with Crippen molar-refractivity contribution in [2.45, 2.75) is 26.0 Å². The molecule has 10 nitrogen and oxygen atoms in total. The van der Waals surface area contributed by atoms with Gasteiger partial charge >= 0.3 is 6.09 Å². The number of nitrogens with zero attached hydrogens (tertiary/aromatic N) is 6. The van der Waals surface area contributed by atoms with Crippen LogP contribution in [0.15, 0.2) is 43.0 Å². The highest BCUT2D eigenvalue weighted by molar-refractivity contribution is 5.90. The van der Waals surface area contributed by atoms with E-state index in [0.717, 1.165) is 11.3 Å². The largest absolute Gasteiger partial charge is 0.442 e. The molecule has 0 radical (unpaired) electrons. The molecule has 2 aliphatic rings. The predicted octanol–water partition coefficient (Wildman–Crippen LogP) is 2.10. The molecule has 174 valence electrons. The number of cyclic esters (lactones) is 1. The van der Waals surface area contributed by atoms with Gasteiger partial charge in [0.05, 0.1) is 36.4 Å². The van der Waals surface area contributed by atoms with Gasteiger partial charge in [0.1, 0.15) is 17.6 Å². The zero-order valence-electron chi connectivity index (χ0n) is 18.4. The Labute approximate surface area is 194 Å². The fourth-order valence-corrected chi connectivity index (χ4v) is 4.08. The van der Waals surface area contributed by atoms with Crippen molar-refractivity contribution in [1.29, 1.82) is 0 Å². The summed E-state index contributed by atoms with van der Waals surface area (Å²) >= 11 is 0. The number of ether oxygens (including phenoxy) is 1. The van der Waals surface area contributed by atoms with E-state index in [-0.39, 0.29) is 19.0 Å². The molecular weight excluding hydrogens is 441 g/mol. The topological polar surface area (TPSA) is 113 Å². The van der Waals surface area contributed by atoms with Gasteiger partial charge in [-0.25, -0.2) is 24.1 Å². The van der Waals surface area contributed by atoms with Crippen LogP contribution in [0, 0.1) is 5.82 Å². The van der Waals surface area contributed by atoms with E-state index in [2.05, 4.69) is 25.3 Å². The number of rotatable bonds is 5. The molecule has 1 N–H and O–H groups in total. The molecule has 2 aliphatic heterocycles. The summed E-state index contributed by atoms with van der Waals surface area (Å²) in [6.07, 6.45) is 6.14. The van der Waals surface area contributed by atoms with Gasteiger partial charge in [-0.05, 0) is 18.2 Å². The number of fused-ring (bicyclic) bond motifs is 1. The Morgan fingerprint density at radius 3 is 2.91 bits per heavy atom. The normalized spacial score (nSPS) is 17.4. The van der Waals surface area contributed by atoms with E-state index >= 15 is 4.39 Å². The van der Waals surface area contributed by atoms with Crippen LogP contribution in [0.3, 0.4) is 0 Å². The molecule has 1 fully saturated rings. The highest BCUT2D eigenvalue weighted by Crippen LogP contribution is 2.31. The van der Waals surface area contributed by atoms with Crippen LogP contribution in [-0.4, -0.2) is 57.7 Å². The van der Waals surface area contributed by atoms with E-state index in [0.29, 0.717) is 42.4 Å². The van der Waals surface area contributed by atoms with Crippen LogP contribution >= 0.6 is 0 Å². The second kappa shape index (κ2) is 9.00. The van der Waals surface area contributed by atoms with Gasteiger partial charge in [0.15, 0.2) is 5.82 Å². The minimum atomic E-state index is -0.564. The van der Waals surface area contributed by atoms with Crippen LogP contribution < -0.4 is 15.1 Å². The third-order valence-corrected chi connectivity index (χ3v) is 5.76. The molecule has 3 aromatic rings. The highest BCUT2D eigenvalue weighted by Gasteiger charge is 2.33. The first-order valence-electron chi connectivity index (χ1n) is 10.9. The van der Waals surface area contributed by atoms with E-state index in [4.69, 9.17) is 4.74 Å². The van der Waals surface area contributed by atoms with Crippen molar-refractivity contribution in [1.82, 2.24) is 25.3 Å². The molecule has 5 rings (SSSR count). The van der Waals surface area contributed by atoms with Crippen LogP contribution in [0.25, 0.3) is 11.5 Å². The number of aromatic nitrogens is 4. The molecular formula is C23H22FN7O3. The number of halogens is 1. The van der Waals surface area contributed by atoms with Crippen molar-refractivity contribution in [3.63, 3.8) is 0 Å². The second-order valence-electron chi connectivity index (χ2n) is 8.12. The lowest BCUT2D eigenvalue weighted by molar-refractivity contribution is -0.119. The summed E-state index contributed by atoms with van der Waals surface area (Å²) in [5.74, 6) is -0.121. The monoisotopic (exact) mass is 463 g/mol. The van der Waals surface area contributed by atoms with Crippen LogP contribution in [0.5, 0.6) is 0 Å². The highest BCUT2D eigenvalue weighted by atomic mass is 19.1. The van der Waals surface area contributed by atoms with Crippen molar-refractivity contribution in [2.24, 2.45) is 0 Å². The molecule has 1 saturated heterocycles. The van der Waals surface area contributed by atoms with Crippen molar-refractivity contribution in [3.8, 4) is 11.5 Å². The molecule has 0 saturated carbocycles. The third kappa shape index (κ3) is 4.36. The Bertz CT molecular complexity index is 1240. The zero-order valence-corrected chi connectivity index (χ0v) is 18.4. The molecule has 0 bridgehead atoms. The Morgan fingerprint density at radius 1 is 1.26 bits per heavy atom. The van der Waals surface area contributed by atoms with Gasteiger partial charge in [-0.2, -0.15) is 0 Å². The Balaban J connectivity index is 1.29. The minimum Gasteiger partial charge on any atom is -0.442 e. The van der Waals surface area contributed by atoms with Gasteiger partial charge in [-0.15, -0.1) is 0 Å². The van der Waals surface area contributed by atoms with E-state index in [1.807, 2.05) is 4.90 Å². The van der Waals surface area contributed by atoms with Gasteiger partial charge in [0, 0.05) is 50.6 Å². The van der Waals surface area contributed by atoms with Crippen molar-refractivity contribution < 1.29 is 18.7 Å². The summed E-state index contributed by atoms with van der Waals surface area (Å²) < 4.78 is 20.4. The lowest BCUT2D eigenvalue weighted by atomic mass is 10.1. The summed E-state index contributed by atoms with van der Waals surface area (Å²) in [5, 5.41) is 2.62. The summed E-state index contributed by atoms with van der Waals surface area (Å²) in [7, 11) is 0. The van der Waals surface area contributed by atoms with Gasteiger partial charge in [0.25, 0.3) is 0 Å². The zero-order chi connectivity index (χ0) is 23.7. The molecule has 2 amide bonds. The molecule has 2 aromatic heterocycles. The van der Waals surface area contributed by atoms with Crippen molar-refractivity contribution in [2.75, 3.05) is 29.4 Å². The first-order valence-corrected chi connectivity index (χ1v) is 10.9. The van der Waals surface area contributed by atoms with Crippen molar-refractivity contribution >= 4 is 23.4 Å². The number of hydrogen-bond acceptors (Lipinski definition) is 8. The van der Waals surface area contributed by atoms with Crippen molar-refractivity contribution in [3.05, 3.63) is 60.1 Å². The van der Waals surface area contributed by atoms with E-state index < -0.39 is 18.0 Å². The molecule has 34 heavy (non-hydrogen) atoms. The van der Waals surface area contributed by atoms with E-state index in [9.17, 15) is 9.59 Å². The Morgan fingerprint density at radius 2 is 2.15 bits per heavy atom. The maximum Gasteiger partial charge on any atom is 0.414 e. The predicted molar refractivity (Wildman–Crippen MR) is 121 cm³/mol. The SMILES string of the molecule is CC(=O)NC[C@H]1CN(c2ccc(N3CCc4nc(-c5cnccn5)ncc4C3)c(F)c2)C(=O)O1. The average Bonchev–Trinajstić information content (AvgIpc) is 3.23. The fourth-order valence-electron chi connectivity index (χ4n) is 4.08. The van der Waals surface area contributed by atoms with Crippen LogP contribution in [0.4, 0.5) is 20.6 Å². The lowest BCUT2D eigenvalue weighted by Crippen LogP contribution is -2.33. The number of benzene rings is 1. The Hall–Kier alpha value is -4.15. The average molecular weight is 463 g/mol. The molecule has 1 atom stereocenters. The molecule has 0 aliphatic carbocycles. The van der Waals surface area contributed by atoms with E-state index in [1.165, 1.54) is 17.9 Å². The Kier molecular flexibility index (Phi) is 5.74. The van der Waals surface area contributed by atoms with Crippen LogP contribution in [0.2, 0.25) is 0 Å². The summed E-state index contributed by atoms with van der Waals surface area (Å²) in [5.41, 5.74) is 3.29. The number of amides is 2. The molecule has 4 heterocycles. The van der Waals surface area contributed by atoms with E-state index in [1.54, 1.807) is 36.9 Å². The number of anilines is 2. The number of carbonyl (C=O) groups excluding carboxylic acids is 2. The van der Waals surface area contributed by atoms with Gasteiger partial charge in [-0.3, -0.25) is 14.7 Å². The van der Waals surface area contributed by atoms with Gasteiger partial charge in [0.2, 0.25) is 5.91 Å². The fraction of sp³-hybridized carbons (Fsp3) is 0.304.